The van der Waals surface area contributed by atoms with Gasteiger partial charge in [0, 0.05) is 42.1 Å². The topological polar surface area (TPSA) is 175 Å². The number of anilines is 1. The number of allylic oxidation sites excluding steroid dienone is 1. The number of nitrogens with zero attached hydrogens (tertiary/aromatic N) is 3. The van der Waals surface area contributed by atoms with Crippen LogP contribution in [0.1, 0.15) is 101 Å². The minimum absolute atomic E-state index is 0.0344. The molecule has 2 saturated carbocycles. The van der Waals surface area contributed by atoms with E-state index in [4.69, 9.17) is 9.47 Å². The molecule has 5 atom stereocenters. The summed E-state index contributed by atoms with van der Waals surface area (Å²) in [5, 5.41) is 15.8. The first-order valence-electron chi connectivity index (χ1n) is 18.7. The Balaban J connectivity index is 1.12. The smallest absolute Gasteiger partial charge is 0.410 e. The monoisotopic (exact) mass is 733 g/mol. The quantitative estimate of drug-likeness (QED) is 0.318. The summed E-state index contributed by atoms with van der Waals surface area (Å²) in [4.78, 5) is 71.7. The van der Waals surface area contributed by atoms with Gasteiger partial charge >= 0.3 is 12.2 Å². The maximum absolute atomic E-state index is 14.4. The van der Waals surface area contributed by atoms with Gasteiger partial charge in [0.15, 0.2) is 5.82 Å². The molecule has 284 valence electrons. The number of aromatic amines is 1. The van der Waals surface area contributed by atoms with Crippen LogP contribution in [0.3, 0.4) is 0 Å². The molecule has 53 heavy (non-hydrogen) atoms. The van der Waals surface area contributed by atoms with Gasteiger partial charge in [-0.05, 0) is 70.9 Å². The van der Waals surface area contributed by atoms with Gasteiger partial charge in [-0.2, -0.15) is 5.10 Å². The second-order valence-electron chi connectivity index (χ2n) is 16.0. The van der Waals surface area contributed by atoms with E-state index in [0.29, 0.717) is 42.1 Å². The molecule has 0 spiro atoms. The molecule has 0 bridgehead atoms. The van der Waals surface area contributed by atoms with Crippen molar-refractivity contribution in [2.75, 3.05) is 11.9 Å². The van der Waals surface area contributed by atoms with E-state index in [2.05, 4.69) is 26.1 Å². The van der Waals surface area contributed by atoms with Gasteiger partial charge in [0.2, 0.25) is 11.8 Å². The van der Waals surface area contributed by atoms with Crippen LogP contribution in [0.5, 0.6) is 0 Å². The Morgan fingerprint density at radius 1 is 1.08 bits per heavy atom. The molecule has 5 amide bonds. The summed E-state index contributed by atoms with van der Waals surface area (Å²) in [6.07, 6.45) is 7.36. The lowest BCUT2D eigenvalue weighted by atomic mass is 10.0. The van der Waals surface area contributed by atoms with Crippen LogP contribution in [0.25, 0.3) is 0 Å². The van der Waals surface area contributed by atoms with Crippen LogP contribution < -0.4 is 16.0 Å². The molecule has 5 aliphatic rings. The summed E-state index contributed by atoms with van der Waals surface area (Å²) in [5.74, 6) is -1.42. The van der Waals surface area contributed by atoms with Gasteiger partial charge < -0.3 is 30.3 Å². The molecule has 4 N–H and O–H groups in total. The summed E-state index contributed by atoms with van der Waals surface area (Å²) < 4.78 is 25.8. The third kappa shape index (κ3) is 8.18. The molecule has 15 heteroatoms. The van der Waals surface area contributed by atoms with Gasteiger partial charge in [-0.3, -0.25) is 24.4 Å². The molecule has 1 aromatic heterocycles. The lowest BCUT2D eigenvalue weighted by molar-refractivity contribution is -0.141. The summed E-state index contributed by atoms with van der Waals surface area (Å²) in [7, 11) is 0. The van der Waals surface area contributed by atoms with Crippen molar-refractivity contribution >= 4 is 35.7 Å². The number of hydrogen-bond acceptors (Lipinski definition) is 8. The minimum atomic E-state index is -1.28. The zero-order valence-corrected chi connectivity index (χ0v) is 30.4. The maximum atomic E-state index is 14.4. The third-order valence-corrected chi connectivity index (χ3v) is 10.6. The Bertz CT molecular complexity index is 1800. The molecule has 0 radical (unpaired) electrons. The average Bonchev–Trinajstić information content (AvgIpc) is 3.87. The van der Waals surface area contributed by atoms with E-state index in [1.807, 2.05) is 18.2 Å². The lowest BCUT2D eigenvalue weighted by Crippen LogP contribution is -2.57. The van der Waals surface area contributed by atoms with Crippen molar-refractivity contribution < 1.29 is 37.8 Å². The van der Waals surface area contributed by atoms with Crippen molar-refractivity contribution in [1.82, 2.24) is 30.6 Å². The van der Waals surface area contributed by atoms with Crippen LogP contribution in [-0.2, 0) is 36.9 Å². The summed E-state index contributed by atoms with van der Waals surface area (Å²) in [5.41, 5.74) is -0.0338. The number of ether oxygens (including phenoxy) is 2. The number of nitrogens with one attached hydrogen (secondary N) is 4. The maximum Gasteiger partial charge on any atom is 0.410 e. The number of benzene rings is 1. The van der Waals surface area contributed by atoms with Crippen molar-refractivity contribution in [3.8, 4) is 0 Å². The van der Waals surface area contributed by atoms with Crippen LogP contribution in [0.2, 0.25) is 0 Å². The largest absolute Gasteiger partial charge is 0.444 e. The number of amides is 5. The van der Waals surface area contributed by atoms with Crippen molar-refractivity contribution in [2.45, 2.75) is 127 Å². The van der Waals surface area contributed by atoms with Gasteiger partial charge in [0.25, 0.3) is 5.91 Å². The lowest BCUT2D eigenvalue weighted by Gasteiger charge is -2.30. The number of rotatable bonds is 5. The van der Waals surface area contributed by atoms with Crippen molar-refractivity contribution in [1.29, 1.82) is 0 Å². The molecular formula is C38H48FN7O7. The first kappa shape index (κ1) is 36.4. The van der Waals surface area contributed by atoms with Gasteiger partial charge in [-0.1, -0.05) is 37.1 Å². The standard InChI is InChI=1S/C38H48FN7O7/c1-37(2,3)53-35(50)40-28-13-8-6-4-5-7-11-24-18-38(24,34(49)41-31-17-29(43-44-31)22-14-15-22)42-32(47)30-16-25(20-46(30)33(28)48)52-36(51)45-19-23-10-9-12-27(39)26(23)21-45/h7,9-12,17,22,24-25,28,30H,4-6,8,13-16,18-21H2,1-3H3,(H,40,50)(H,42,47)(H2,41,43,44,49)/b11-7-/t24-,25+,28-,30-,38+/m0/s1. The van der Waals surface area contributed by atoms with Crippen LogP contribution >= 0.6 is 0 Å². The summed E-state index contributed by atoms with van der Waals surface area (Å²) in [6, 6.07) is 4.36. The van der Waals surface area contributed by atoms with Crippen LogP contribution in [0, 0.1) is 11.7 Å². The molecule has 14 nitrogen and oxygen atoms in total. The zero-order chi connectivity index (χ0) is 37.5. The zero-order valence-electron chi connectivity index (χ0n) is 30.4. The Kier molecular flexibility index (Phi) is 9.94. The first-order valence-corrected chi connectivity index (χ1v) is 18.7. The van der Waals surface area contributed by atoms with E-state index < -0.39 is 65.1 Å². The molecule has 3 aliphatic heterocycles. The summed E-state index contributed by atoms with van der Waals surface area (Å²) >= 11 is 0. The van der Waals surface area contributed by atoms with E-state index >= 15 is 0 Å². The molecule has 3 fully saturated rings. The van der Waals surface area contributed by atoms with Gasteiger partial charge in [0.05, 0.1) is 13.1 Å². The number of H-pyrrole nitrogens is 1. The van der Waals surface area contributed by atoms with Crippen LogP contribution in [0.4, 0.5) is 19.8 Å². The van der Waals surface area contributed by atoms with E-state index in [-0.39, 0.29) is 32.0 Å². The van der Waals surface area contributed by atoms with Crippen LogP contribution in [-0.4, -0.2) is 85.8 Å². The Morgan fingerprint density at radius 2 is 1.89 bits per heavy atom. The summed E-state index contributed by atoms with van der Waals surface area (Å²) in [6.45, 7) is 5.25. The number of fused-ring (bicyclic) bond motifs is 3. The third-order valence-electron chi connectivity index (χ3n) is 10.6. The van der Waals surface area contributed by atoms with Crippen molar-refractivity contribution in [3.05, 3.63) is 59.1 Å². The number of halogens is 1. The second kappa shape index (κ2) is 14.5. The second-order valence-corrected chi connectivity index (χ2v) is 16.0. The average molecular weight is 734 g/mol. The highest BCUT2D eigenvalue weighted by molar-refractivity contribution is 6.04. The van der Waals surface area contributed by atoms with Gasteiger partial charge in [-0.25, -0.2) is 14.0 Å². The molecule has 1 aromatic carbocycles. The SMILES string of the molecule is CC(C)(C)OC(=O)N[C@H]1CCCCC/C=C\[C@H]2C[C@@]2(C(=O)Nc2cc(C3CC3)[nH]n2)NC(=O)[C@@H]2C[C@@H](OC(=O)N3Cc4cccc(F)c4C3)CN2C1=O. The number of hydrogen-bond donors (Lipinski definition) is 4. The molecule has 1 saturated heterocycles. The molecule has 4 heterocycles. The number of carbonyl (C=O) groups is 5. The fraction of sp³-hybridized carbons (Fsp3) is 0.579. The Morgan fingerprint density at radius 3 is 2.64 bits per heavy atom. The highest BCUT2D eigenvalue weighted by atomic mass is 19.1. The molecule has 7 rings (SSSR count). The predicted molar refractivity (Wildman–Crippen MR) is 190 cm³/mol. The molecular weight excluding hydrogens is 685 g/mol. The molecule has 2 aliphatic carbocycles. The fourth-order valence-corrected chi connectivity index (χ4v) is 7.57. The highest BCUT2D eigenvalue weighted by Gasteiger charge is 2.61. The molecule has 2 aromatic rings. The fourth-order valence-electron chi connectivity index (χ4n) is 7.57. The number of aromatic nitrogens is 2. The van der Waals surface area contributed by atoms with Crippen molar-refractivity contribution in [2.24, 2.45) is 5.92 Å². The van der Waals surface area contributed by atoms with Crippen LogP contribution in [0.15, 0.2) is 36.4 Å². The van der Waals surface area contributed by atoms with Crippen molar-refractivity contribution in [3.63, 3.8) is 0 Å². The van der Waals surface area contributed by atoms with E-state index in [1.165, 1.54) is 15.9 Å². The molecule has 0 unspecified atom stereocenters. The van der Waals surface area contributed by atoms with Gasteiger partial charge in [0.1, 0.15) is 35.1 Å². The minimum Gasteiger partial charge on any atom is -0.444 e. The normalized spacial score (nSPS) is 28.0. The van der Waals surface area contributed by atoms with Gasteiger partial charge in [-0.15, -0.1) is 0 Å². The van der Waals surface area contributed by atoms with E-state index in [1.54, 1.807) is 32.9 Å². The Hall–Kier alpha value is -4.95. The number of carbonyl (C=O) groups excluding carboxylic acids is 5. The highest BCUT2D eigenvalue weighted by Crippen LogP contribution is 2.46. The first-order chi connectivity index (χ1) is 25.3. The van der Waals surface area contributed by atoms with E-state index in [0.717, 1.165) is 37.8 Å². The Labute approximate surface area is 307 Å². The number of alkyl carbamates (subject to hydrolysis) is 1. The van der Waals surface area contributed by atoms with E-state index in [9.17, 15) is 28.4 Å². The predicted octanol–water partition coefficient (Wildman–Crippen LogP) is 4.78.